The average molecular weight is 306 g/mol. The highest BCUT2D eigenvalue weighted by Crippen LogP contribution is 2.24. The van der Waals surface area contributed by atoms with Crippen molar-refractivity contribution in [1.82, 2.24) is 4.98 Å². The van der Waals surface area contributed by atoms with Crippen molar-refractivity contribution in [3.63, 3.8) is 0 Å². The van der Waals surface area contributed by atoms with Crippen LogP contribution in [0, 0.1) is 0 Å². The summed E-state index contributed by atoms with van der Waals surface area (Å²) in [6, 6.07) is 11.5. The largest absolute Gasteiger partial charge is 0.476 e. The van der Waals surface area contributed by atoms with Crippen molar-refractivity contribution in [1.29, 1.82) is 0 Å². The number of halogens is 1. The van der Waals surface area contributed by atoms with Crippen LogP contribution in [0.2, 0.25) is 5.02 Å². The average Bonchev–Trinajstić information content (AvgIpc) is 2.48. The Labute approximate surface area is 130 Å². The van der Waals surface area contributed by atoms with Crippen LogP contribution in [0.4, 0.5) is 11.5 Å². The lowest BCUT2D eigenvalue weighted by atomic mass is 10.1. The van der Waals surface area contributed by atoms with E-state index in [0.29, 0.717) is 18.2 Å². The third-order valence-corrected chi connectivity index (χ3v) is 3.32. The van der Waals surface area contributed by atoms with Gasteiger partial charge in [0.15, 0.2) is 0 Å². The summed E-state index contributed by atoms with van der Waals surface area (Å²) in [5.74, 6) is 1.21. The fourth-order valence-corrected chi connectivity index (χ4v) is 2.03. The molecule has 0 aliphatic heterocycles. The van der Waals surface area contributed by atoms with Crippen molar-refractivity contribution in [2.75, 3.05) is 17.7 Å². The van der Waals surface area contributed by atoms with Crippen molar-refractivity contribution < 1.29 is 4.74 Å². The number of ether oxygens (including phenoxy) is 1. The summed E-state index contributed by atoms with van der Waals surface area (Å²) in [6.45, 7) is 4.71. The van der Waals surface area contributed by atoms with E-state index in [1.807, 2.05) is 37.3 Å². The van der Waals surface area contributed by atoms with E-state index in [1.165, 1.54) is 0 Å². The standard InChI is InChI=1S/C16H20ClN3O/c1-3-10-21-16-14(18)8-9-15(20-16)19-11(2)12-4-6-13(17)7-5-12/h4-9,11H,3,10,18H2,1-2H3,(H,19,20). The first kappa shape index (κ1) is 15.4. The smallest absolute Gasteiger partial charge is 0.239 e. The van der Waals surface area contributed by atoms with E-state index in [9.17, 15) is 0 Å². The zero-order valence-corrected chi connectivity index (χ0v) is 13.0. The van der Waals surface area contributed by atoms with E-state index in [2.05, 4.69) is 17.2 Å². The minimum Gasteiger partial charge on any atom is -0.476 e. The van der Waals surface area contributed by atoms with E-state index in [1.54, 1.807) is 6.07 Å². The lowest BCUT2D eigenvalue weighted by molar-refractivity contribution is 0.307. The molecule has 1 aromatic heterocycles. The Bertz CT molecular complexity index is 587. The minimum atomic E-state index is 0.109. The molecule has 5 heteroatoms. The molecular weight excluding hydrogens is 286 g/mol. The molecule has 0 saturated carbocycles. The van der Waals surface area contributed by atoms with Crippen LogP contribution >= 0.6 is 11.6 Å². The lowest BCUT2D eigenvalue weighted by Gasteiger charge is -2.16. The van der Waals surface area contributed by atoms with Crippen molar-refractivity contribution in [2.45, 2.75) is 26.3 Å². The van der Waals surface area contributed by atoms with Gasteiger partial charge in [-0.25, -0.2) is 0 Å². The molecule has 0 radical (unpaired) electrons. The highest BCUT2D eigenvalue weighted by molar-refractivity contribution is 6.30. The predicted octanol–water partition coefficient (Wildman–Crippen LogP) is 4.28. The van der Waals surface area contributed by atoms with Crippen LogP contribution in [0.3, 0.4) is 0 Å². The topological polar surface area (TPSA) is 60.2 Å². The minimum absolute atomic E-state index is 0.109. The molecule has 0 spiro atoms. The molecule has 1 aromatic carbocycles. The highest BCUT2D eigenvalue weighted by Gasteiger charge is 2.09. The van der Waals surface area contributed by atoms with Gasteiger partial charge in [0, 0.05) is 11.1 Å². The Morgan fingerprint density at radius 2 is 1.95 bits per heavy atom. The zero-order valence-electron chi connectivity index (χ0n) is 12.3. The van der Waals surface area contributed by atoms with Crippen LogP contribution in [-0.2, 0) is 0 Å². The van der Waals surface area contributed by atoms with Crippen molar-refractivity contribution >= 4 is 23.1 Å². The Hall–Kier alpha value is -1.94. The highest BCUT2D eigenvalue weighted by atomic mass is 35.5. The zero-order chi connectivity index (χ0) is 15.2. The van der Waals surface area contributed by atoms with Crippen molar-refractivity contribution in [3.05, 3.63) is 47.0 Å². The number of pyridine rings is 1. The van der Waals surface area contributed by atoms with Crippen molar-refractivity contribution in [3.8, 4) is 5.88 Å². The molecule has 3 N–H and O–H groups in total. The van der Waals surface area contributed by atoms with Gasteiger partial charge in [-0.05, 0) is 43.2 Å². The summed E-state index contributed by atoms with van der Waals surface area (Å²) in [6.07, 6.45) is 0.917. The first-order valence-corrected chi connectivity index (χ1v) is 7.39. The van der Waals surface area contributed by atoms with Gasteiger partial charge in [0.1, 0.15) is 5.82 Å². The quantitative estimate of drug-likeness (QED) is 0.836. The summed E-state index contributed by atoms with van der Waals surface area (Å²) >= 11 is 5.90. The number of hydrogen-bond donors (Lipinski definition) is 2. The molecule has 0 aliphatic carbocycles. The molecule has 0 fully saturated rings. The fourth-order valence-electron chi connectivity index (χ4n) is 1.90. The number of hydrogen-bond acceptors (Lipinski definition) is 4. The van der Waals surface area contributed by atoms with E-state index in [4.69, 9.17) is 22.1 Å². The number of rotatable bonds is 6. The molecule has 0 saturated heterocycles. The molecule has 21 heavy (non-hydrogen) atoms. The van der Waals surface area contributed by atoms with E-state index in [-0.39, 0.29) is 6.04 Å². The van der Waals surface area contributed by atoms with Gasteiger partial charge in [0.25, 0.3) is 0 Å². The SMILES string of the molecule is CCCOc1nc(NC(C)c2ccc(Cl)cc2)ccc1N. The third-order valence-electron chi connectivity index (χ3n) is 3.07. The van der Waals surface area contributed by atoms with Crippen LogP contribution in [0.1, 0.15) is 31.9 Å². The molecule has 2 aromatic rings. The number of nitrogens with zero attached hydrogens (tertiary/aromatic N) is 1. The van der Waals surface area contributed by atoms with Crippen LogP contribution in [0.15, 0.2) is 36.4 Å². The number of nitrogen functional groups attached to an aromatic ring is 1. The van der Waals surface area contributed by atoms with Gasteiger partial charge >= 0.3 is 0 Å². The van der Waals surface area contributed by atoms with Crippen LogP contribution < -0.4 is 15.8 Å². The maximum absolute atomic E-state index is 5.90. The Morgan fingerprint density at radius 1 is 1.24 bits per heavy atom. The van der Waals surface area contributed by atoms with E-state index in [0.717, 1.165) is 22.8 Å². The summed E-state index contributed by atoms with van der Waals surface area (Å²) in [5, 5.41) is 4.06. The first-order valence-electron chi connectivity index (χ1n) is 7.01. The molecular formula is C16H20ClN3O. The van der Waals surface area contributed by atoms with Gasteiger partial charge in [-0.2, -0.15) is 4.98 Å². The fraction of sp³-hybridized carbons (Fsp3) is 0.312. The van der Waals surface area contributed by atoms with Gasteiger partial charge in [0.05, 0.1) is 12.3 Å². The number of aromatic nitrogens is 1. The van der Waals surface area contributed by atoms with Gasteiger partial charge < -0.3 is 15.8 Å². The van der Waals surface area contributed by atoms with E-state index < -0.39 is 0 Å². The summed E-state index contributed by atoms with van der Waals surface area (Å²) in [7, 11) is 0. The summed E-state index contributed by atoms with van der Waals surface area (Å²) in [5.41, 5.74) is 7.54. The van der Waals surface area contributed by atoms with Gasteiger partial charge in [0.2, 0.25) is 5.88 Å². The van der Waals surface area contributed by atoms with E-state index >= 15 is 0 Å². The van der Waals surface area contributed by atoms with Gasteiger partial charge in [-0.15, -0.1) is 0 Å². The molecule has 1 heterocycles. The maximum Gasteiger partial charge on any atom is 0.239 e. The predicted molar refractivity (Wildman–Crippen MR) is 87.9 cm³/mol. The number of nitrogens with two attached hydrogens (primary N) is 1. The number of nitrogens with one attached hydrogen (secondary N) is 1. The molecule has 0 bridgehead atoms. The Morgan fingerprint density at radius 3 is 2.62 bits per heavy atom. The van der Waals surface area contributed by atoms with Crippen LogP contribution in [-0.4, -0.2) is 11.6 Å². The number of benzene rings is 1. The summed E-state index contributed by atoms with van der Waals surface area (Å²) in [4.78, 5) is 4.41. The molecule has 1 atom stereocenters. The normalized spacial score (nSPS) is 12.0. The second-order valence-corrected chi connectivity index (χ2v) is 5.29. The van der Waals surface area contributed by atoms with Crippen LogP contribution in [0.5, 0.6) is 5.88 Å². The summed E-state index contributed by atoms with van der Waals surface area (Å²) < 4.78 is 5.54. The molecule has 0 aliphatic rings. The molecule has 4 nitrogen and oxygen atoms in total. The second kappa shape index (κ2) is 7.18. The Kier molecular flexibility index (Phi) is 5.28. The molecule has 0 amide bonds. The molecule has 2 rings (SSSR count). The lowest BCUT2D eigenvalue weighted by Crippen LogP contribution is -2.09. The number of anilines is 2. The third kappa shape index (κ3) is 4.26. The second-order valence-electron chi connectivity index (χ2n) is 4.86. The molecule has 112 valence electrons. The monoisotopic (exact) mass is 305 g/mol. The maximum atomic E-state index is 5.90. The van der Waals surface area contributed by atoms with Gasteiger partial charge in [-0.3, -0.25) is 0 Å². The molecule has 1 unspecified atom stereocenters. The first-order chi connectivity index (χ1) is 10.1. The van der Waals surface area contributed by atoms with Crippen molar-refractivity contribution in [2.24, 2.45) is 0 Å². The Balaban J connectivity index is 2.09. The van der Waals surface area contributed by atoms with Crippen LogP contribution in [0.25, 0.3) is 0 Å². The van der Waals surface area contributed by atoms with Gasteiger partial charge in [-0.1, -0.05) is 30.7 Å².